The number of esters is 1. The van der Waals surface area contributed by atoms with E-state index in [1.54, 1.807) is 38.3 Å². The Hall–Kier alpha value is -2.08. The van der Waals surface area contributed by atoms with E-state index in [1.807, 2.05) is 0 Å². The Kier molecular flexibility index (Phi) is 6.38. The van der Waals surface area contributed by atoms with E-state index in [0.717, 1.165) is 0 Å². The highest BCUT2D eigenvalue weighted by Gasteiger charge is 2.08. The highest BCUT2D eigenvalue weighted by Crippen LogP contribution is 2.11. The first-order valence-electron chi connectivity index (χ1n) is 5.98. The van der Waals surface area contributed by atoms with Crippen molar-refractivity contribution in [3.05, 3.63) is 29.8 Å². The van der Waals surface area contributed by atoms with Crippen molar-refractivity contribution in [2.24, 2.45) is 0 Å². The lowest BCUT2D eigenvalue weighted by Crippen LogP contribution is -2.31. The molecule has 0 aliphatic rings. The number of ether oxygens (including phenoxy) is 2. The van der Waals surface area contributed by atoms with Crippen LogP contribution in [0, 0.1) is 0 Å². The summed E-state index contributed by atoms with van der Waals surface area (Å²) in [5.41, 5.74) is 0.928. The summed E-state index contributed by atoms with van der Waals surface area (Å²) in [6.45, 7) is 2.91. The maximum atomic E-state index is 11.5. The lowest BCUT2D eigenvalue weighted by molar-refractivity contribution is 0.0526. The quantitative estimate of drug-likeness (QED) is 0.606. The molecule has 1 aromatic rings. The average molecular weight is 266 g/mol. The lowest BCUT2D eigenvalue weighted by Gasteiger charge is -2.08. The third-order valence-corrected chi connectivity index (χ3v) is 2.22. The minimum Gasteiger partial charge on any atom is -0.462 e. The molecule has 0 saturated heterocycles. The number of urea groups is 1. The van der Waals surface area contributed by atoms with Crippen molar-refractivity contribution in [1.29, 1.82) is 0 Å². The molecular weight excluding hydrogens is 248 g/mol. The van der Waals surface area contributed by atoms with Crippen LogP contribution in [-0.4, -0.2) is 38.9 Å². The Bertz CT molecular complexity index is 434. The predicted molar refractivity (Wildman–Crippen MR) is 71.3 cm³/mol. The summed E-state index contributed by atoms with van der Waals surface area (Å²) >= 11 is 0. The van der Waals surface area contributed by atoms with E-state index in [4.69, 9.17) is 9.47 Å². The predicted octanol–water partition coefficient (Wildman–Crippen LogP) is 1.63. The second-order valence-corrected chi connectivity index (χ2v) is 3.67. The largest absolute Gasteiger partial charge is 0.462 e. The summed E-state index contributed by atoms with van der Waals surface area (Å²) in [5.74, 6) is -0.411. The number of carbonyl (C=O) groups excluding carboxylic acids is 2. The van der Waals surface area contributed by atoms with E-state index in [1.165, 1.54) is 0 Å². The first-order valence-corrected chi connectivity index (χ1v) is 5.98. The van der Waals surface area contributed by atoms with Gasteiger partial charge in [-0.05, 0) is 25.1 Å². The van der Waals surface area contributed by atoms with Crippen molar-refractivity contribution in [1.82, 2.24) is 5.32 Å². The molecule has 2 N–H and O–H groups in total. The SMILES string of the molecule is CCOC(=O)c1cccc(NC(=O)NCCOC)c1. The third-order valence-electron chi connectivity index (χ3n) is 2.22. The smallest absolute Gasteiger partial charge is 0.338 e. The molecule has 0 atom stereocenters. The molecular formula is C13H18N2O4. The van der Waals surface area contributed by atoms with Crippen LogP contribution in [0.3, 0.4) is 0 Å². The summed E-state index contributed by atoms with van der Waals surface area (Å²) in [4.78, 5) is 23.0. The Labute approximate surface area is 112 Å². The summed E-state index contributed by atoms with van der Waals surface area (Å²) in [5, 5.41) is 5.24. The van der Waals surface area contributed by atoms with Crippen molar-refractivity contribution >= 4 is 17.7 Å². The van der Waals surface area contributed by atoms with Crippen molar-refractivity contribution in [2.45, 2.75) is 6.92 Å². The van der Waals surface area contributed by atoms with E-state index >= 15 is 0 Å². The number of methoxy groups -OCH3 is 1. The number of rotatable bonds is 6. The first kappa shape index (κ1) is 15.0. The van der Waals surface area contributed by atoms with Gasteiger partial charge in [0.25, 0.3) is 0 Å². The number of hydrogen-bond donors (Lipinski definition) is 2. The molecule has 0 radical (unpaired) electrons. The molecule has 0 saturated carbocycles. The molecule has 0 bridgehead atoms. The summed E-state index contributed by atoms with van der Waals surface area (Å²) in [6.07, 6.45) is 0. The van der Waals surface area contributed by atoms with Gasteiger partial charge in [-0.15, -0.1) is 0 Å². The van der Waals surface area contributed by atoms with Gasteiger partial charge in [0, 0.05) is 19.3 Å². The van der Waals surface area contributed by atoms with Gasteiger partial charge in [0.1, 0.15) is 0 Å². The summed E-state index contributed by atoms with van der Waals surface area (Å²) in [7, 11) is 1.56. The number of amides is 2. The molecule has 0 heterocycles. The normalized spacial score (nSPS) is 9.79. The minimum atomic E-state index is -0.411. The Morgan fingerprint density at radius 2 is 2.11 bits per heavy atom. The van der Waals surface area contributed by atoms with Crippen molar-refractivity contribution in [3.8, 4) is 0 Å². The van der Waals surface area contributed by atoms with Gasteiger partial charge >= 0.3 is 12.0 Å². The third kappa shape index (κ3) is 5.39. The molecule has 1 rings (SSSR count). The summed E-state index contributed by atoms with van der Waals surface area (Å²) < 4.78 is 9.70. The summed E-state index contributed by atoms with van der Waals surface area (Å²) in [6, 6.07) is 6.22. The van der Waals surface area contributed by atoms with Gasteiger partial charge in [-0.1, -0.05) is 6.07 Å². The van der Waals surface area contributed by atoms with Gasteiger partial charge in [-0.2, -0.15) is 0 Å². The van der Waals surface area contributed by atoms with Crippen LogP contribution >= 0.6 is 0 Å². The van der Waals surface area contributed by atoms with Crippen molar-refractivity contribution in [3.63, 3.8) is 0 Å². The fraction of sp³-hybridized carbons (Fsp3) is 0.385. The fourth-order valence-corrected chi connectivity index (χ4v) is 1.38. The highest BCUT2D eigenvalue weighted by atomic mass is 16.5. The monoisotopic (exact) mass is 266 g/mol. The molecule has 0 aliphatic carbocycles. The molecule has 19 heavy (non-hydrogen) atoms. The number of nitrogens with one attached hydrogen (secondary N) is 2. The first-order chi connectivity index (χ1) is 9.17. The molecule has 1 aromatic carbocycles. The van der Waals surface area contributed by atoms with Crippen LogP contribution in [0.15, 0.2) is 24.3 Å². The van der Waals surface area contributed by atoms with Crippen LogP contribution in [0.25, 0.3) is 0 Å². The standard InChI is InChI=1S/C13H18N2O4/c1-3-19-12(16)10-5-4-6-11(9-10)15-13(17)14-7-8-18-2/h4-6,9H,3,7-8H2,1-2H3,(H2,14,15,17). The zero-order valence-electron chi connectivity index (χ0n) is 11.1. The number of hydrogen-bond acceptors (Lipinski definition) is 4. The second-order valence-electron chi connectivity index (χ2n) is 3.67. The Balaban J connectivity index is 2.56. The highest BCUT2D eigenvalue weighted by molar-refractivity contribution is 5.93. The van der Waals surface area contributed by atoms with Crippen LogP contribution < -0.4 is 10.6 Å². The van der Waals surface area contributed by atoms with Gasteiger partial charge in [0.2, 0.25) is 0 Å². The van der Waals surface area contributed by atoms with Gasteiger partial charge in [-0.25, -0.2) is 9.59 Å². The van der Waals surface area contributed by atoms with Crippen molar-refractivity contribution in [2.75, 3.05) is 32.2 Å². The van der Waals surface area contributed by atoms with Gasteiger partial charge in [-0.3, -0.25) is 0 Å². The van der Waals surface area contributed by atoms with E-state index in [-0.39, 0.29) is 6.03 Å². The zero-order chi connectivity index (χ0) is 14.1. The number of anilines is 1. The van der Waals surface area contributed by atoms with Crippen molar-refractivity contribution < 1.29 is 19.1 Å². The second kappa shape index (κ2) is 8.10. The molecule has 0 aromatic heterocycles. The molecule has 2 amide bonds. The molecule has 0 spiro atoms. The minimum absolute atomic E-state index is 0.313. The number of benzene rings is 1. The fourth-order valence-electron chi connectivity index (χ4n) is 1.38. The lowest BCUT2D eigenvalue weighted by atomic mass is 10.2. The van der Waals surface area contributed by atoms with E-state index in [9.17, 15) is 9.59 Å². The van der Waals surface area contributed by atoms with Crippen LogP contribution in [0.2, 0.25) is 0 Å². The maximum absolute atomic E-state index is 11.5. The molecule has 104 valence electrons. The van der Waals surface area contributed by atoms with E-state index in [0.29, 0.717) is 31.0 Å². The van der Waals surface area contributed by atoms with Crippen LogP contribution in [0.1, 0.15) is 17.3 Å². The molecule has 0 aliphatic heterocycles. The van der Waals surface area contributed by atoms with Crippen LogP contribution in [0.5, 0.6) is 0 Å². The van der Waals surface area contributed by atoms with Crippen LogP contribution in [0.4, 0.5) is 10.5 Å². The Morgan fingerprint density at radius 3 is 2.79 bits per heavy atom. The Morgan fingerprint density at radius 1 is 1.32 bits per heavy atom. The van der Waals surface area contributed by atoms with Gasteiger partial charge in [0.05, 0.1) is 18.8 Å². The van der Waals surface area contributed by atoms with Crippen LogP contribution in [-0.2, 0) is 9.47 Å². The van der Waals surface area contributed by atoms with E-state index in [2.05, 4.69) is 10.6 Å². The van der Waals surface area contributed by atoms with Gasteiger partial charge in [0.15, 0.2) is 0 Å². The number of carbonyl (C=O) groups is 2. The van der Waals surface area contributed by atoms with E-state index < -0.39 is 5.97 Å². The average Bonchev–Trinajstić information content (AvgIpc) is 2.39. The topological polar surface area (TPSA) is 76.7 Å². The molecule has 0 unspecified atom stereocenters. The zero-order valence-corrected chi connectivity index (χ0v) is 11.1. The maximum Gasteiger partial charge on any atom is 0.338 e. The molecule has 0 fully saturated rings. The molecule has 6 nitrogen and oxygen atoms in total. The van der Waals surface area contributed by atoms with Gasteiger partial charge < -0.3 is 20.1 Å². The molecule has 6 heteroatoms.